The van der Waals surface area contributed by atoms with Crippen LogP contribution < -0.4 is 20.1 Å². The van der Waals surface area contributed by atoms with Gasteiger partial charge in [0.15, 0.2) is 11.5 Å². The number of pyridine rings is 1. The summed E-state index contributed by atoms with van der Waals surface area (Å²) in [5.41, 5.74) is 4.20. The lowest BCUT2D eigenvalue weighted by molar-refractivity contribution is 0.102. The second-order valence-corrected chi connectivity index (χ2v) is 6.40. The second kappa shape index (κ2) is 8.43. The van der Waals surface area contributed by atoms with E-state index in [1.165, 1.54) is 0 Å². The summed E-state index contributed by atoms with van der Waals surface area (Å²) in [5, 5.41) is 6.12. The Bertz CT molecular complexity index is 985. The Balaban J connectivity index is 1.71. The fourth-order valence-corrected chi connectivity index (χ4v) is 2.73. The van der Waals surface area contributed by atoms with Crippen LogP contribution in [0.4, 0.5) is 17.2 Å². The van der Waals surface area contributed by atoms with Crippen molar-refractivity contribution < 1.29 is 14.3 Å². The molecule has 0 aliphatic carbocycles. The van der Waals surface area contributed by atoms with Gasteiger partial charge in [-0.15, -0.1) is 0 Å². The first-order valence-electron chi connectivity index (χ1n) is 8.84. The maximum Gasteiger partial charge on any atom is 0.257 e. The average molecular weight is 377 g/mol. The number of hydrogen-bond acceptors (Lipinski definition) is 5. The van der Waals surface area contributed by atoms with Gasteiger partial charge in [-0.2, -0.15) is 0 Å². The molecule has 0 saturated carbocycles. The van der Waals surface area contributed by atoms with Gasteiger partial charge in [0.05, 0.1) is 19.8 Å². The number of nitrogens with one attached hydrogen (secondary N) is 2. The minimum absolute atomic E-state index is 0.195. The van der Waals surface area contributed by atoms with Crippen molar-refractivity contribution in [1.29, 1.82) is 0 Å². The van der Waals surface area contributed by atoms with Crippen LogP contribution in [-0.4, -0.2) is 25.1 Å². The fourth-order valence-electron chi connectivity index (χ4n) is 2.73. The molecule has 1 heterocycles. The number of nitrogens with zero attached hydrogens (tertiary/aromatic N) is 1. The maximum absolute atomic E-state index is 12.5. The van der Waals surface area contributed by atoms with E-state index in [1.54, 1.807) is 32.5 Å². The van der Waals surface area contributed by atoms with Crippen LogP contribution in [0, 0.1) is 13.8 Å². The SMILES string of the molecule is COc1ccc(Nc2ccc(C(=O)Nc3cc(C)ccc3C)cn2)cc1OC. The number of aromatic nitrogens is 1. The highest BCUT2D eigenvalue weighted by atomic mass is 16.5. The minimum atomic E-state index is -0.195. The Morgan fingerprint density at radius 3 is 2.39 bits per heavy atom. The quantitative estimate of drug-likeness (QED) is 0.651. The van der Waals surface area contributed by atoms with E-state index in [-0.39, 0.29) is 5.91 Å². The molecular formula is C22H23N3O3. The van der Waals surface area contributed by atoms with Crippen molar-refractivity contribution in [2.45, 2.75) is 13.8 Å². The molecule has 6 heteroatoms. The van der Waals surface area contributed by atoms with Crippen molar-refractivity contribution in [3.8, 4) is 11.5 Å². The van der Waals surface area contributed by atoms with Crippen molar-refractivity contribution in [3.05, 3.63) is 71.4 Å². The van der Waals surface area contributed by atoms with Crippen molar-refractivity contribution in [2.75, 3.05) is 24.9 Å². The van der Waals surface area contributed by atoms with E-state index in [1.807, 2.05) is 50.2 Å². The summed E-state index contributed by atoms with van der Waals surface area (Å²) in [4.78, 5) is 16.8. The number of benzene rings is 2. The number of carbonyl (C=O) groups excluding carboxylic acids is 1. The first kappa shape index (κ1) is 19.2. The van der Waals surface area contributed by atoms with E-state index in [2.05, 4.69) is 15.6 Å². The molecule has 0 radical (unpaired) electrons. The van der Waals surface area contributed by atoms with E-state index >= 15 is 0 Å². The van der Waals surface area contributed by atoms with Crippen molar-refractivity contribution >= 4 is 23.1 Å². The summed E-state index contributed by atoms with van der Waals surface area (Å²) in [6.07, 6.45) is 1.55. The molecule has 28 heavy (non-hydrogen) atoms. The van der Waals surface area contributed by atoms with Crippen LogP contribution in [0.25, 0.3) is 0 Å². The summed E-state index contributed by atoms with van der Waals surface area (Å²) in [6, 6.07) is 14.9. The zero-order valence-electron chi connectivity index (χ0n) is 16.4. The molecular weight excluding hydrogens is 354 g/mol. The normalized spacial score (nSPS) is 10.3. The first-order valence-corrected chi connectivity index (χ1v) is 8.84. The lowest BCUT2D eigenvalue weighted by atomic mass is 10.1. The Kier molecular flexibility index (Phi) is 5.79. The molecule has 0 aliphatic rings. The van der Waals surface area contributed by atoms with Crippen LogP contribution >= 0.6 is 0 Å². The standard InChI is InChI=1S/C22H23N3O3/c1-14-5-6-15(2)18(11-14)25-22(26)16-7-10-21(23-13-16)24-17-8-9-19(27-3)20(12-17)28-4/h5-13H,1-4H3,(H,23,24)(H,25,26). The number of methoxy groups -OCH3 is 2. The van der Waals surface area contributed by atoms with E-state index in [0.717, 1.165) is 22.5 Å². The Morgan fingerprint density at radius 2 is 1.71 bits per heavy atom. The third kappa shape index (κ3) is 4.40. The fraction of sp³-hybridized carbons (Fsp3) is 0.182. The number of ether oxygens (including phenoxy) is 2. The lowest BCUT2D eigenvalue weighted by Crippen LogP contribution is -2.13. The van der Waals surface area contributed by atoms with Crippen LogP contribution in [0.1, 0.15) is 21.5 Å². The van der Waals surface area contributed by atoms with Gasteiger partial charge in [0.1, 0.15) is 5.82 Å². The molecule has 6 nitrogen and oxygen atoms in total. The highest BCUT2D eigenvalue weighted by molar-refractivity contribution is 6.04. The molecule has 0 saturated heterocycles. The predicted octanol–water partition coefficient (Wildman–Crippen LogP) is 4.71. The molecule has 0 aliphatic heterocycles. The van der Waals surface area contributed by atoms with E-state index in [9.17, 15) is 4.79 Å². The van der Waals surface area contributed by atoms with Crippen LogP contribution in [0.3, 0.4) is 0 Å². The second-order valence-electron chi connectivity index (χ2n) is 6.40. The Labute approximate surface area is 164 Å². The predicted molar refractivity (Wildman–Crippen MR) is 111 cm³/mol. The van der Waals surface area contributed by atoms with E-state index in [0.29, 0.717) is 22.9 Å². The zero-order valence-corrected chi connectivity index (χ0v) is 16.4. The molecule has 0 bridgehead atoms. The molecule has 2 aromatic carbocycles. The van der Waals surface area contributed by atoms with Crippen molar-refractivity contribution in [3.63, 3.8) is 0 Å². The van der Waals surface area contributed by atoms with Gasteiger partial charge >= 0.3 is 0 Å². The number of rotatable bonds is 6. The minimum Gasteiger partial charge on any atom is -0.493 e. The largest absolute Gasteiger partial charge is 0.493 e. The third-order valence-corrected chi connectivity index (χ3v) is 4.32. The molecule has 0 fully saturated rings. The maximum atomic E-state index is 12.5. The molecule has 3 aromatic rings. The van der Waals surface area contributed by atoms with E-state index < -0.39 is 0 Å². The molecule has 0 atom stereocenters. The van der Waals surface area contributed by atoms with Crippen LogP contribution in [0.15, 0.2) is 54.7 Å². The molecule has 144 valence electrons. The number of hydrogen-bond donors (Lipinski definition) is 2. The van der Waals surface area contributed by atoms with Crippen LogP contribution in [0.5, 0.6) is 11.5 Å². The third-order valence-electron chi connectivity index (χ3n) is 4.32. The summed E-state index contributed by atoms with van der Waals surface area (Å²) in [7, 11) is 3.18. The number of aryl methyl sites for hydroxylation is 2. The van der Waals surface area contributed by atoms with Crippen LogP contribution in [-0.2, 0) is 0 Å². The Morgan fingerprint density at radius 1 is 0.929 bits per heavy atom. The highest BCUT2D eigenvalue weighted by Crippen LogP contribution is 2.30. The number of anilines is 3. The molecule has 1 amide bonds. The number of carbonyl (C=O) groups is 1. The average Bonchev–Trinajstić information content (AvgIpc) is 2.71. The molecule has 3 rings (SSSR count). The van der Waals surface area contributed by atoms with Gasteiger partial charge in [0.25, 0.3) is 5.91 Å². The van der Waals surface area contributed by atoms with Gasteiger partial charge in [-0.05, 0) is 55.3 Å². The smallest absolute Gasteiger partial charge is 0.257 e. The highest BCUT2D eigenvalue weighted by Gasteiger charge is 2.10. The monoisotopic (exact) mass is 377 g/mol. The first-order chi connectivity index (χ1) is 13.5. The summed E-state index contributed by atoms with van der Waals surface area (Å²) in [5.74, 6) is 1.70. The molecule has 0 spiro atoms. The van der Waals surface area contributed by atoms with Gasteiger partial charge in [-0.1, -0.05) is 12.1 Å². The van der Waals surface area contributed by atoms with Crippen molar-refractivity contribution in [2.24, 2.45) is 0 Å². The summed E-state index contributed by atoms with van der Waals surface area (Å²) in [6.45, 7) is 3.95. The number of amides is 1. The van der Waals surface area contributed by atoms with Crippen molar-refractivity contribution in [1.82, 2.24) is 4.98 Å². The summed E-state index contributed by atoms with van der Waals surface area (Å²) >= 11 is 0. The van der Waals surface area contributed by atoms with Gasteiger partial charge in [0.2, 0.25) is 0 Å². The van der Waals surface area contributed by atoms with Gasteiger partial charge < -0.3 is 20.1 Å². The van der Waals surface area contributed by atoms with Gasteiger partial charge in [-0.3, -0.25) is 4.79 Å². The topological polar surface area (TPSA) is 72.5 Å². The molecule has 1 aromatic heterocycles. The van der Waals surface area contributed by atoms with Gasteiger partial charge in [-0.25, -0.2) is 4.98 Å². The Hall–Kier alpha value is -3.54. The van der Waals surface area contributed by atoms with E-state index in [4.69, 9.17) is 9.47 Å². The van der Waals surface area contributed by atoms with Gasteiger partial charge in [0, 0.05) is 23.6 Å². The molecule has 2 N–H and O–H groups in total. The lowest BCUT2D eigenvalue weighted by Gasteiger charge is -2.12. The summed E-state index contributed by atoms with van der Waals surface area (Å²) < 4.78 is 10.5. The zero-order chi connectivity index (χ0) is 20.1. The molecule has 0 unspecified atom stereocenters. The van der Waals surface area contributed by atoms with Crippen LogP contribution in [0.2, 0.25) is 0 Å².